The molecule has 0 unspecified atom stereocenters. The predicted octanol–water partition coefficient (Wildman–Crippen LogP) is 5.28. The quantitative estimate of drug-likeness (QED) is 0.280. The van der Waals surface area contributed by atoms with Crippen LogP contribution in [0.1, 0.15) is 10.4 Å². The molecule has 180 valence electrons. The third-order valence-corrected chi connectivity index (χ3v) is 6.05. The summed E-state index contributed by atoms with van der Waals surface area (Å²) in [5.74, 6) is -0.292. The molecule has 0 aliphatic heterocycles. The summed E-state index contributed by atoms with van der Waals surface area (Å²) in [7, 11) is 1.35. The molecule has 5 rings (SSSR count). The monoisotopic (exact) mass is 521 g/mol. The molecule has 0 saturated heterocycles. The number of thiophene rings is 1. The zero-order valence-electron chi connectivity index (χ0n) is 18.6. The van der Waals surface area contributed by atoms with E-state index in [2.05, 4.69) is 30.8 Å². The van der Waals surface area contributed by atoms with Gasteiger partial charge in [0.05, 0.1) is 23.4 Å². The number of pyridine rings is 1. The number of hydrogen-bond donors (Lipinski definition) is 2. The molecule has 0 fully saturated rings. The maximum Gasteiger partial charge on any atom is 0.276 e. The molecule has 0 bridgehead atoms. The highest BCUT2D eigenvalue weighted by atomic mass is 35.5. The Kier molecular flexibility index (Phi) is 6.67. The standard InChI is InChI=1S/C24H17ClFN7O2S/c1-35-32-23(34)16-8-15(10-27-11-16)18-12-28-24(29-17-2-3-20(26)19(25)9-17)30-22(18)33-6-4-21(31-33)14-5-7-36-13-14/h2-13H,1H3,(H,32,34)(H,28,29,30). The number of hydroxylamine groups is 1. The van der Waals surface area contributed by atoms with E-state index < -0.39 is 11.7 Å². The van der Waals surface area contributed by atoms with Crippen LogP contribution in [-0.2, 0) is 4.84 Å². The molecule has 0 atom stereocenters. The molecule has 4 aromatic heterocycles. The second-order valence-electron chi connectivity index (χ2n) is 7.44. The minimum atomic E-state index is -0.526. The van der Waals surface area contributed by atoms with E-state index in [0.29, 0.717) is 28.2 Å². The van der Waals surface area contributed by atoms with Gasteiger partial charge in [-0.05, 0) is 41.8 Å². The Morgan fingerprint density at radius 3 is 2.81 bits per heavy atom. The van der Waals surface area contributed by atoms with Crippen molar-refractivity contribution in [3.63, 3.8) is 0 Å². The molecule has 4 heterocycles. The zero-order chi connectivity index (χ0) is 25.1. The lowest BCUT2D eigenvalue weighted by molar-refractivity contribution is 0.0537. The molecule has 0 saturated carbocycles. The molecule has 0 spiro atoms. The SMILES string of the molecule is CONC(=O)c1cncc(-c2cnc(Nc3ccc(F)c(Cl)c3)nc2-n2ccc(-c3ccsc3)n2)c1. The maximum absolute atomic E-state index is 13.6. The fraction of sp³-hybridized carbons (Fsp3) is 0.0417. The van der Waals surface area contributed by atoms with Crippen LogP contribution >= 0.6 is 22.9 Å². The zero-order valence-corrected chi connectivity index (χ0v) is 20.2. The Bertz CT molecular complexity index is 1540. The van der Waals surface area contributed by atoms with Crippen molar-refractivity contribution in [2.45, 2.75) is 0 Å². The molecule has 2 N–H and O–H groups in total. The van der Waals surface area contributed by atoms with Crippen LogP contribution in [-0.4, -0.2) is 37.7 Å². The van der Waals surface area contributed by atoms with Crippen molar-refractivity contribution in [3.8, 4) is 28.2 Å². The average molecular weight is 522 g/mol. The number of carbonyl (C=O) groups excluding carboxylic acids is 1. The Hall–Kier alpha value is -4.19. The molecule has 0 aliphatic rings. The summed E-state index contributed by atoms with van der Waals surface area (Å²) in [5.41, 5.74) is 6.01. The van der Waals surface area contributed by atoms with Crippen LogP contribution in [0.15, 0.2) is 71.9 Å². The lowest BCUT2D eigenvalue weighted by Gasteiger charge is -2.12. The van der Waals surface area contributed by atoms with E-state index in [0.717, 1.165) is 11.3 Å². The van der Waals surface area contributed by atoms with Gasteiger partial charge < -0.3 is 5.32 Å². The van der Waals surface area contributed by atoms with Crippen molar-refractivity contribution in [1.82, 2.24) is 30.2 Å². The summed E-state index contributed by atoms with van der Waals surface area (Å²) in [5, 5.41) is 11.7. The normalized spacial score (nSPS) is 10.9. The fourth-order valence-corrected chi connectivity index (χ4v) is 4.21. The van der Waals surface area contributed by atoms with Gasteiger partial charge in [0.15, 0.2) is 5.82 Å². The lowest BCUT2D eigenvalue weighted by atomic mass is 10.1. The van der Waals surface area contributed by atoms with E-state index in [1.54, 1.807) is 40.7 Å². The molecule has 0 aliphatic carbocycles. The summed E-state index contributed by atoms with van der Waals surface area (Å²) in [6, 6.07) is 9.73. The first-order valence-electron chi connectivity index (χ1n) is 10.5. The highest BCUT2D eigenvalue weighted by molar-refractivity contribution is 7.08. The number of hydrogen-bond acceptors (Lipinski definition) is 8. The number of carbonyl (C=O) groups is 1. The molecule has 1 amide bonds. The van der Waals surface area contributed by atoms with Crippen LogP contribution in [0.4, 0.5) is 16.0 Å². The summed E-state index contributed by atoms with van der Waals surface area (Å²) in [4.78, 5) is 30.2. The number of amides is 1. The smallest absolute Gasteiger partial charge is 0.276 e. The van der Waals surface area contributed by atoms with Crippen LogP contribution in [0.2, 0.25) is 5.02 Å². The van der Waals surface area contributed by atoms with Crippen molar-refractivity contribution < 1.29 is 14.0 Å². The number of halogens is 2. The maximum atomic E-state index is 13.6. The highest BCUT2D eigenvalue weighted by Crippen LogP contribution is 2.29. The van der Waals surface area contributed by atoms with E-state index in [1.165, 1.54) is 31.5 Å². The fourth-order valence-electron chi connectivity index (χ4n) is 3.38. The van der Waals surface area contributed by atoms with E-state index in [9.17, 15) is 9.18 Å². The van der Waals surface area contributed by atoms with E-state index in [-0.39, 0.29) is 11.0 Å². The second kappa shape index (κ2) is 10.2. The Morgan fingerprint density at radius 1 is 1.14 bits per heavy atom. The Balaban J connectivity index is 1.58. The van der Waals surface area contributed by atoms with Gasteiger partial charge in [0.2, 0.25) is 5.95 Å². The van der Waals surface area contributed by atoms with Crippen LogP contribution in [0.25, 0.3) is 28.2 Å². The van der Waals surface area contributed by atoms with E-state index >= 15 is 0 Å². The molecule has 12 heteroatoms. The number of rotatable bonds is 7. The topological polar surface area (TPSA) is 107 Å². The van der Waals surface area contributed by atoms with Crippen molar-refractivity contribution >= 4 is 40.5 Å². The van der Waals surface area contributed by atoms with Gasteiger partial charge in [-0.25, -0.2) is 19.5 Å². The van der Waals surface area contributed by atoms with E-state index in [1.807, 2.05) is 22.9 Å². The summed E-state index contributed by atoms with van der Waals surface area (Å²) < 4.78 is 15.2. The predicted molar refractivity (Wildman–Crippen MR) is 135 cm³/mol. The molecule has 36 heavy (non-hydrogen) atoms. The van der Waals surface area contributed by atoms with Gasteiger partial charge in [-0.3, -0.25) is 14.6 Å². The number of nitrogens with one attached hydrogen (secondary N) is 2. The number of aromatic nitrogens is 5. The van der Waals surface area contributed by atoms with Gasteiger partial charge in [-0.15, -0.1) is 0 Å². The van der Waals surface area contributed by atoms with Crippen LogP contribution in [0.3, 0.4) is 0 Å². The minimum absolute atomic E-state index is 0.0263. The van der Waals surface area contributed by atoms with Gasteiger partial charge in [-0.2, -0.15) is 21.4 Å². The first-order valence-corrected chi connectivity index (χ1v) is 11.8. The molecule has 1 aromatic carbocycles. The Labute approximate surface area is 213 Å². The van der Waals surface area contributed by atoms with Crippen molar-refractivity contribution in [2.75, 3.05) is 12.4 Å². The van der Waals surface area contributed by atoms with Gasteiger partial charge >= 0.3 is 0 Å². The van der Waals surface area contributed by atoms with Crippen LogP contribution in [0.5, 0.6) is 0 Å². The number of anilines is 2. The Morgan fingerprint density at radius 2 is 2.03 bits per heavy atom. The van der Waals surface area contributed by atoms with Gasteiger partial charge in [-0.1, -0.05) is 11.6 Å². The van der Waals surface area contributed by atoms with Crippen molar-refractivity contribution in [1.29, 1.82) is 0 Å². The summed E-state index contributed by atoms with van der Waals surface area (Å²) in [6.45, 7) is 0. The first kappa shape index (κ1) is 23.5. The summed E-state index contributed by atoms with van der Waals surface area (Å²) >= 11 is 7.48. The van der Waals surface area contributed by atoms with Crippen LogP contribution in [0, 0.1) is 5.82 Å². The third kappa shape index (κ3) is 4.93. The second-order valence-corrected chi connectivity index (χ2v) is 8.63. The largest absolute Gasteiger partial charge is 0.324 e. The van der Waals surface area contributed by atoms with Gasteiger partial charge in [0.1, 0.15) is 5.82 Å². The molecule has 0 radical (unpaired) electrons. The van der Waals surface area contributed by atoms with Crippen molar-refractivity contribution in [3.05, 3.63) is 88.3 Å². The van der Waals surface area contributed by atoms with E-state index in [4.69, 9.17) is 16.4 Å². The molecular weight excluding hydrogens is 505 g/mol. The number of benzene rings is 1. The third-order valence-electron chi connectivity index (χ3n) is 5.07. The summed E-state index contributed by atoms with van der Waals surface area (Å²) in [6.07, 6.45) is 6.40. The average Bonchev–Trinajstić information content (AvgIpc) is 3.59. The highest BCUT2D eigenvalue weighted by Gasteiger charge is 2.16. The minimum Gasteiger partial charge on any atom is -0.324 e. The van der Waals surface area contributed by atoms with Gasteiger partial charge in [0.25, 0.3) is 5.91 Å². The van der Waals surface area contributed by atoms with Gasteiger partial charge in [0, 0.05) is 52.5 Å². The number of nitrogens with zero attached hydrogens (tertiary/aromatic N) is 5. The molecule has 5 aromatic rings. The molecular formula is C24H17ClFN7O2S. The van der Waals surface area contributed by atoms with Crippen molar-refractivity contribution in [2.24, 2.45) is 0 Å². The lowest BCUT2D eigenvalue weighted by Crippen LogP contribution is -2.21. The first-order chi connectivity index (χ1) is 17.5. The molecule has 9 nitrogen and oxygen atoms in total. The van der Waals surface area contributed by atoms with Crippen LogP contribution < -0.4 is 10.8 Å².